The lowest BCUT2D eigenvalue weighted by Crippen LogP contribution is -1.92. The Hall–Kier alpha value is -1.74. The molecule has 0 aliphatic carbocycles. The van der Waals surface area contributed by atoms with E-state index in [0.29, 0.717) is 6.54 Å². The summed E-state index contributed by atoms with van der Waals surface area (Å²) in [5.74, 6) is 0. The summed E-state index contributed by atoms with van der Waals surface area (Å²) in [5, 5.41) is 9.70. The van der Waals surface area contributed by atoms with Crippen molar-refractivity contribution < 1.29 is 5.11 Å². The zero-order chi connectivity index (χ0) is 10.5. The first-order valence-corrected chi connectivity index (χ1v) is 4.86. The van der Waals surface area contributed by atoms with Crippen LogP contribution in [0.25, 0.3) is 10.9 Å². The van der Waals surface area contributed by atoms with Crippen molar-refractivity contribution in [3.63, 3.8) is 0 Å². The van der Waals surface area contributed by atoms with Crippen molar-refractivity contribution in [1.82, 2.24) is 4.98 Å². The van der Waals surface area contributed by atoms with E-state index in [1.165, 1.54) is 0 Å². The molecule has 0 bridgehead atoms. The summed E-state index contributed by atoms with van der Waals surface area (Å²) >= 11 is 0. The van der Waals surface area contributed by atoms with Crippen molar-refractivity contribution in [3.8, 4) is 0 Å². The van der Waals surface area contributed by atoms with Gasteiger partial charge in [-0.15, -0.1) is 0 Å². The van der Waals surface area contributed by atoms with E-state index >= 15 is 0 Å². The highest BCUT2D eigenvalue weighted by molar-refractivity contribution is 5.84. The standard InChI is InChI=1S/C12H12N2O/c15-8-7-13-9-11-6-5-10-3-1-2-4-12(10)14-11/h1-6,9,15H,7-8H2. The van der Waals surface area contributed by atoms with E-state index < -0.39 is 0 Å². The van der Waals surface area contributed by atoms with Crippen LogP contribution >= 0.6 is 0 Å². The fourth-order valence-corrected chi connectivity index (χ4v) is 1.37. The van der Waals surface area contributed by atoms with E-state index in [2.05, 4.69) is 9.98 Å². The lowest BCUT2D eigenvalue weighted by molar-refractivity contribution is 0.307. The number of aliphatic hydroxyl groups is 1. The van der Waals surface area contributed by atoms with Crippen LogP contribution in [0.3, 0.4) is 0 Å². The maximum Gasteiger partial charge on any atom is 0.0815 e. The van der Waals surface area contributed by atoms with Gasteiger partial charge in [0.2, 0.25) is 0 Å². The summed E-state index contributed by atoms with van der Waals surface area (Å²) < 4.78 is 0. The van der Waals surface area contributed by atoms with Gasteiger partial charge in [0.05, 0.1) is 24.4 Å². The third kappa shape index (κ3) is 2.39. The predicted octanol–water partition coefficient (Wildman–Crippen LogP) is 1.65. The second kappa shape index (κ2) is 4.66. The van der Waals surface area contributed by atoms with Gasteiger partial charge in [-0.3, -0.25) is 4.99 Å². The van der Waals surface area contributed by atoms with Crippen LogP contribution in [0.1, 0.15) is 5.69 Å². The monoisotopic (exact) mass is 200 g/mol. The molecule has 1 N–H and O–H groups in total. The molecule has 0 aliphatic rings. The number of aliphatic hydroxyl groups excluding tert-OH is 1. The van der Waals surface area contributed by atoms with Crippen LogP contribution in [0.2, 0.25) is 0 Å². The molecule has 0 amide bonds. The van der Waals surface area contributed by atoms with Crippen LogP contribution in [-0.4, -0.2) is 29.5 Å². The molecule has 0 fully saturated rings. The Balaban J connectivity index is 2.30. The second-order valence-electron chi connectivity index (χ2n) is 3.19. The Morgan fingerprint density at radius 1 is 1.20 bits per heavy atom. The Morgan fingerprint density at radius 3 is 2.93 bits per heavy atom. The average Bonchev–Trinajstić information content (AvgIpc) is 2.29. The molecule has 1 aromatic carbocycles. The van der Waals surface area contributed by atoms with E-state index in [0.717, 1.165) is 16.6 Å². The number of rotatable bonds is 3. The van der Waals surface area contributed by atoms with Crippen molar-refractivity contribution in [2.45, 2.75) is 0 Å². The fourth-order valence-electron chi connectivity index (χ4n) is 1.37. The van der Waals surface area contributed by atoms with Crippen molar-refractivity contribution in [2.24, 2.45) is 4.99 Å². The molecule has 15 heavy (non-hydrogen) atoms. The molecule has 2 rings (SSSR count). The normalized spacial score (nSPS) is 11.3. The van der Waals surface area contributed by atoms with Crippen LogP contribution in [0.5, 0.6) is 0 Å². The number of nitrogens with zero attached hydrogens (tertiary/aromatic N) is 2. The highest BCUT2D eigenvalue weighted by Gasteiger charge is 1.94. The fraction of sp³-hybridized carbons (Fsp3) is 0.167. The number of para-hydroxylation sites is 1. The summed E-state index contributed by atoms with van der Waals surface area (Å²) in [6.07, 6.45) is 1.68. The predicted molar refractivity (Wildman–Crippen MR) is 61.3 cm³/mol. The Labute approximate surface area is 88.1 Å². The molecule has 1 aromatic heterocycles. The third-order valence-electron chi connectivity index (χ3n) is 2.07. The first-order chi connectivity index (χ1) is 7.40. The maximum absolute atomic E-state index is 8.58. The quantitative estimate of drug-likeness (QED) is 0.765. The van der Waals surface area contributed by atoms with Crippen LogP contribution < -0.4 is 0 Å². The molecule has 0 saturated carbocycles. The molecule has 3 nitrogen and oxygen atoms in total. The number of pyridine rings is 1. The number of hydrogen-bond acceptors (Lipinski definition) is 3. The van der Waals surface area contributed by atoms with Crippen LogP contribution in [0, 0.1) is 0 Å². The second-order valence-corrected chi connectivity index (χ2v) is 3.19. The maximum atomic E-state index is 8.58. The van der Waals surface area contributed by atoms with Gasteiger partial charge in [-0.05, 0) is 12.1 Å². The van der Waals surface area contributed by atoms with E-state index in [1.54, 1.807) is 6.21 Å². The number of hydrogen-bond donors (Lipinski definition) is 1. The minimum atomic E-state index is 0.0735. The smallest absolute Gasteiger partial charge is 0.0815 e. The molecular formula is C12H12N2O. The molecule has 2 aromatic rings. The van der Waals surface area contributed by atoms with Gasteiger partial charge in [0.1, 0.15) is 0 Å². The Kier molecular flexibility index (Phi) is 3.05. The highest BCUT2D eigenvalue weighted by Crippen LogP contribution is 2.10. The lowest BCUT2D eigenvalue weighted by Gasteiger charge is -1.97. The largest absolute Gasteiger partial charge is 0.394 e. The van der Waals surface area contributed by atoms with Gasteiger partial charge in [0.15, 0.2) is 0 Å². The molecule has 1 heterocycles. The SMILES string of the molecule is OCCN=Cc1ccc2ccccc2n1. The van der Waals surface area contributed by atoms with Gasteiger partial charge < -0.3 is 5.11 Å². The van der Waals surface area contributed by atoms with Gasteiger partial charge in [-0.25, -0.2) is 4.98 Å². The van der Waals surface area contributed by atoms with Crippen molar-refractivity contribution in [3.05, 3.63) is 42.1 Å². The number of fused-ring (bicyclic) bond motifs is 1. The first-order valence-electron chi connectivity index (χ1n) is 4.86. The van der Waals surface area contributed by atoms with E-state index in [4.69, 9.17) is 5.11 Å². The van der Waals surface area contributed by atoms with Crippen molar-refractivity contribution in [1.29, 1.82) is 0 Å². The zero-order valence-corrected chi connectivity index (χ0v) is 8.30. The number of benzene rings is 1. The minimum absolute atomic E-state index is 0.0735. The lowest BCUT2D eigenvalue weighted by atomic mass is 10.2. The molecule has 0 atom stereocenters. The van der Waals surface area contributed by atoms with Crippen LogP contribution in [-0.2, 0) is 0 Å². The van der Waals surface area contributed by atoms with Gasteiger partial charge in [0.25, 0.3) is 0 Å². The van der Waals surface area contributed by atoms with Crippen molar-refractivity contribution >= 4 is 17.1 Å². The molecule has 0 spiro atoms. The zero-order valence-electron chi connectivity index (χ0n) is 8.30. The van der Waals surface area contributed by atoms with Gasteiger partial charge >= 0.3 is 0 Å². The molecular weight excluding hydrogens is 188 g/mol. The summed E-state index contributed by atoms with van der Waals surface area (Å²) in [4.78, 5) is 8.45. The van der Waals surface area contributed by atoms with Gasteiger partial charge in [0, 0.05) is 11.6 Å². The van der Waals surface area contributed by atoms with Gasteiger partial charge in [-0.1, -0.05) is 24.3 Å². The molecule has 3 heteroatoms. The van der Waals surface area contributed by atoms with Crippen LogP contribution in [0.4, 0.5) is 0 Å². The van der Waals surface area contributed by atoms with Crippen molar-refractivity contribution in [2.75, 3.05) is 13.2 Å². The molecule has 0 aliphatic heterocycles. The average molecular weight is 200 g/mol. The Morgan fingerprint density at radius 2 is 2.07 bits per heavy atom. The number of aromatic nitrogens is 1. The van der Waals surface area contributed by atoms with Gasteiger partial charge in [-0.2, -0.15) is 0 Å². The summed E-state index contributed by atoms with van der Waals surface area (Å²) in [6, 6.07) is 11.9. The molecule has 0 saturated heterocycles. The van der Waals surface area contributed by atoms with E-state index in [1.807, 2.05) is 36.4 Å². The third-order valence-corrected chi connectivity index (χ3v) is 2.07. The minimum Gasteiger partial charge on any atom is -0.394 e. The topological polar surface area (TPSA) is 45.5 Å². The summed E-state index contributed by atoms with van der Waals surface area (Å²) in [7, 11) is 0. The van der Waals surface area contributed by atoms with E-state index in [9.17, 15) is 0 Å². The molecule has 76 valence electrons. The summed E-state index contributed by atoms with van der Waals surface area (Å²) in [5.41, 5.74) is 1.78. The summed E-state index contributed by atoms with van der Waals surface area (Å²) in [6.45, 7) is 0.499. The van der Waals surface area contributed by atoms with Crippen LogP contribution in [0.15, 0.2) is 41.4 Å². The number of aliphatic imine (C=N–C) groups is 1. The molecule has 0 radical (unpaired) electrons. The first kappa shape index (κ1) is 9.80. The van der Waals surface area contributed by atoms with E-state index in [-0.39, 0.29) is 6.61 Å². The highest BCUT2D eigenvalue weighted by atomic mass is 16.3. The Bertz CT molecular complexity index is 480. The molecule has 0 unspecified atom stereocenters.